The zero-order chi connectivity index (χ0) is 19.1. The van der Waals surface area contributed by atoms with Gasteiger partial charge in [-0.15, -0.1) is 10.2 Å². The fraction of sp³-hybridized carbons (Fsp3) is 0.550. The number of carbonyl (C=O) groups is 1. The summed E-state index contributed by atoms with van der Waals surface area (Å²) in [5, 5.41) is 8.25. The van der Waals surface area contributed by atoms with Gasteiger partial charge in [-0.2, -0.15) is 0 Å². The van der Waals surface area contributed by atoms with E-state index in [2.05, 4.69) is 24.0 Å². The summed E-state index contributed by atoms with van der Waals surface area (Å²) in [5.74, 6) is 1.57. The van der Waals surface area contributed by atoms with Crippen LogP contribution < -0.4 is 4.74 Å². The van der Waals surface area contributed by atoms with Gasteiger partial charge in [0.2, 0.25) is 0 Å². The van der Waals surface area contributed by atoms with Crippen LogP contribution in [0.1, 0.15) is 63.3 Å². The number of esters is 1. The van der Waals surface area contributed by atoms with E-state index >= 15 is 0 Å². The number of aromatic nitrogens is 2. The molecule has 1 aliphatic carbocycles. The van der Waals surface area contributed by atoms with Gasteiger partial charge in [-0.25, -0.2) is 0 Å². The highest BCUT2D eigenvalue weighted by molar-refractivity contribution is 7.99. The van der Waals surface area contributed by atoms with Gasteiger partial charge < -0.3 is 13.9 Å². The highest BCUT2D eigenvalue weighted by Gasteiger charge is 2.18. The van der Waals surface area contributed by atoms with Crippen LogP contribution in [0.4, 0.5) is 0 Å². The molecule has 146 valence electrons. The van der Waals surface area contributed by atoms with Gasteiger partial charge in [0.05, 0.1) is 0 Å². The summed E-state index contributed by atoms with van der Waals surface area (Å²) >= 11 is 1.19. The summed E-state index contributed by atoms with van der Waals surface area (Å²) in [6.45, 7) is 4.50. The van der Waals surface area contributed by atoms with E-state index < -0.39 is 0 Å². The molecule has 0 spiro atoms. The molecule has 6 nitrogen and oxygen atoms in total. The molecule has 0 amide bonds. The number of thioether (sulfide) groups is 1. The second kappa shape index (κ2) is 9.78. The van der Waals surface area contributed by atoms with Crippen LogP contribution in [-0.2, 0) is 16.1 Å². The molecule has 1 heterocycles. The Hall–Kier alpha value is -2.02. The zero-order valence-electron chi connectivity index (χ0n) is 15.8. The average molecular weight is 391 g/mol. The monoisotopic (exact) mass is 390 g/mol. The lowest BCUT2D eigenvalue weighted by Gasteiger charge is -2.21. The molecule has 1 aromatic carbocycles. The molecule has 7 heteroatoms. The Labute approximate surface area is 164 Å². The number of benzene rings is 1. The first kappa shape index (κ1) is 19.7. The minimum atomic E-state index is -0.229. The minimum absolute atomic E-state index is 0.0700. The quantitative estimate of drug-likeness (QED) is 0.476. The predicted molar refractivity (Wildman–Crippen MR) is 103 cm³/mol. The number of ether oxygens (including phenoxy) is 2. The van der Waals surface area contributed by atoms with Crippen molar-refractivity contribution in [2.45, 2.75) is 69.8 Å². The fourth-order valence-electron chi connectivity index (χ4n) is 2.97. The van der Waals surface area contributed by atoms with Crippen LogP contribution in [0.5, 0.6) is 5.75 Å². The van der Waals surface area contributed by atoms with E-state index in [0.717, 1.165) is 31.4 Å². The number of carbonyl (C=O) groups excluding carboxylic acids is 1. The van der Waals surface area contributed by atoms with E-state index in [0.29, 0.717) is 17.0 Å². The summed E-state index contributed by atoms with van der Waals surface area (Å²) in [5.41, 5.74) is 1.26. The summed E-state index contributed by atoms with van der Waals surface area (Å²) in [6.07, 6.45) is 5.52. The molecule has 2 aromatic rings. The molecule has 3 rings (SSSR count). The Morgan fingerprint density at radius 1 is 1.19 bits per heavy atom. The van der Waals surface area contributed by atoms with E-state index in [-0.39, 0.29) is 24.4 Å². The molecule has 0 aliphatic heterocycles. The molecule has 0 radical (unpaired) electrons. The highest BCUT2D eigenvalue weighted by atomic mass is 32.2. The van der Waals surface area contributed by atoms with Gasteiger partial charge >= 0.3 is 5.97 Å². The first-order valence-electron chi connectivity index (χ1n) is 9.47. The average Bonchev–Trinajstić information content (AvgIpc) is 3.14. The number of nitrogens with zero attached hydrogens (tertiary/aromatic N) is 2. The van der Waals surface area contributed by atoms with Gasteiger partial charge in [-0.05, 0) is 49.3 Å². The van der Waals surface area contributed by atoms with E-state index in [1.807, 2.05) is 24.3 Å². The van der Waals surface area contributed by atoms with Crippen molar-refractivity contribution >= 4 is 17.7 Å². The van der Waals surface area contributed by atoms with E-state index in [1.165, 1.54) is 23.7 Å². The molecule has 0 N–H and O–H groups in total. The van der Waals surface area contributed by atoms with Crippen molar-refractivity contribution in [2.75, 3.05) is 5.75 Å². The van der Waals surface area contributed by atoms with Crippen LogP contribution in [0.25, 0.3) is 0 Å². The van der Waals surface area contributed by atoms with Crippen molar-refractivity contribution in [3.8, 4) is 5.75 Å². The molecule has 1 saturated carbocycles. The Kier molecular flexibility index (Phi) is 7.15. The van der Waals surface area contributed by atoms with Crippen molar-refractivity contribution in [1.29, 1.82) is 0 Å². The van der Waals surface area contributed by atoms with E-state index in [4.69, 9.17) is 13.9 Å². The van der Waals surface area contributed by atoms with Crippen LogP contribution in [0, 0.1) is 0 Å². The van der Waals surface area contributed by atoms with Gasteiger partial charge in [0.15, 0.2) is 6.61 Å². The van der Waals surface area contributed by atoms with Gasteiger partial charge in [0.25, 0.3) is 11.1 Å². The van der Waals surface area contributed by atoms with Crippen LogP contribution in [0.3, 0.4) is 0 Å². The topological polar surface area (TPSA) is 74.5 Å². The Morgan fingerprint density at radius 2 is 1.93 bits per heavy atom. The lowest BCUT2D eigenvalue weighted by atomic mass is 9.98. The molecule has 0 saturated heterocycles. The third-order valence-corrected chi connectivity index (χ3v) is 5.31. The van der Waals surface area contributed by atoms with Crippen molar-refractivity contribution in [1.82, 2.24) is 10.2 Å². The summed E-state index contributed by atoms with van der Waals surface area (Å²) in [7, 11) is 0. The van der Waals surface area contributed by atoms with Crippen molar-refractivity contribution in [3.05, 3.63) is 35.7 Å². The fourth-order valence-corrected chi connectivity index (χ4v) is 3.54. The summed E-state index contributed by atoms with van der Waals surface area (Å²) in [6, 6.07) is 7.96. The van der Waals surface area contributed by atoms with Crippen molar-refractivity contribution < 1.29 is 18.7 Å². The minimum Gasteiger partial charge on any atom is -0.484 e. The van der Waals surface area contributed by atoms with Gasteiger partial charge in [0.1, 0.15) is 17.6 Å². The predicted octanol–water partition coefficient (Wildman–Crippen LogP) is 4.74. The SMILES string of the molecule is CC(C)c1ccc(OCc2nnc(SCC(=O)OC3CCCCC3)o2)cc1. The zero-order valence-corrected chi connectivity index (χ0v) is 16.7. The van der Waals surface area contributed by atoms with Crippen LogP contribution in [-0.4, -0.2) is 28.0 Å². The number of rotatable bonds is 8. The second-order valence-corrected chi connectivity index (χ2v) is 7.94. The molecule has 27 heavy (non-hydrogen) atoms. The second-order valence-electron chi connectivity index (χ2n) is 7.01. The largest absolute Gasteiger partial charge is 0.484 e. The van der Waals surface area contributed by atoms with Crippen molar-refractivity contribution in [2.24, 2.45) is 0 Å². The van der Waals surface area contributed by atoms with Gasteiger partial charge in [0, 0.05) is 0 Å². The Bertz CT molecular complexity index is 724. The molecular formula is C20H26N2O4S. The maximum atomic E-state index is 11.9. The first-order chi connectivity index (χ1) is 13.1. The van der Waals surface area contributed by atoms with Crippen LogP contribution >= 0.6 is 11.8 Å². The molecule has 0 bridgehead atoms. The maximum Gasteiger partial charge on any atom is 0.316 e. The molecule has 0 unspecified atom stereocenters. The first-order valence-corrected chi connectivity index (χ1v) is 10.5. The van der Waals surface area contributed by atoms with E-state index in [9.17, 15) is 4.79 Å². The standard InChI is InChI=1S/C20H26N2O4S/c1-14(2)15-8-10-16(11-9-15)24-12-18-21-22-20(26-18)27-13-19(23)25-17-6-4-3-5-7-17/h8-11,14,17H,3-7,12-13H2,1-2H3. The third kappa shape index (κ3) is 6.27. The molecular weight excluding hydrogens is 364 g/mol. The summed E-state index contributed by atoms with van der Waals surface area (Å²) in [4.78, 5) is 11.9. The van der Waals surface area contributed by atoms with Gasteiger partial charge in [-0.3, -0.25) is 4.79 Å². The molecule has 1 aliphatic rings. The molecule has 0 atom stereocenters. The lowest BCUT2D eigenvalue weighted by Crippen LogP contribution is -2.21. The summed E-state index contributed by atoms with van der Waals surface area (Å²) < 4.78 is 16.7. The smallest absolute Gasteiger partial charge is 0.316 e. The lowest BCUT2D eigenvalue weighted by molar-refractivity contribution is -0.147. The highest BCUT2D eigenvalue weighted by Crippen LogP contribution is 2.23. The van der Waals surface area contributed by atoms with E-state index in [1.54, 1.807) is 0 Å². The molecule has 1 fully saturated rings. The van der Waals surface area contributed by atoms with Crippen LogP contribution in [0.15, 0.2) is 33.9 Å². The van der Waals surface area contributed by atoms with Crippen molar-refractivity contribution in [3.63, 3.8) is 0 Å². The number of hydrogen-bond donors (Lipinski definition) is 0. The van der Waals surface area contributed by atoms with Crippen LogP contribution in [0.2, 0.25) is 0 Å². The maximum absolute atomic E-state index is 11.9. The normalized spacial score (nSPS) is 15.1. The molecule has 1 aromatic heterocycles. The Balaban J connectivity index is 1.40. The number of hydrogen-bond acceptors (Lipinski definition) is 7. The third-order valence-electron chi connectivity index (χ3n) is 4.52. The Morgan fingerprint density at radius 3 is 2.63 bits per heavy atom. The van der Waals surface area contributed by atoms with Gasteiger partial charge in [-0.1, -0.05) is 44.2 Å².